The van der Waals surface area contributed by atoms with Gasteiger partial charge < -0.3 is 5.32 Å². The molecule has 0 aliphatic carbocycles. The molecule has 0 bridgehead atoms. The molecule has 130 valence electrons. The third kappa shape index (κ3) is 4.44. The lowest BCUT2D eigenvalue weighted by Gasteiger charge is -2.07. The molecule has 0 saturated heterocycles. The topological polar surface area (TPSA) is 29.1 Å². The Morgan fingerprint density at radius 2 is 1.96 bits per heavy atom. The van der Waals surface area contributed by atoms with Crippen molar-refractivity contribution >= 4 is 39.1 Å². The molecule has 0 radical (unpaired) electrons. The van der Waals surface area contributed by atoms with Gasteiger partial charge in [0.25, 0.3) is 0 Å². The van der Waals surface area contributed by atoms with E-state index in [9.17, 15) is 4.79 Å². The first-order valence-electron chi connectivity index (χ1n) is 8.67. The predicted octanol–water partition coefficient (Wildman–Crippen LogP) is 5.75. The average molecular weight is 370 g/mol. The second-order valence-electron chi connectivity index (χ2n) is 6.02. The first-order chi connectivity index (χ1) is 12.2. The van der Waals surface area contributed by atoms with Crippen molar-refractivity contribution in [1.29, 1.82) is 0 Å². The molecule has 4 heteroatoms. The van der Waals surface area contributed by atoms with Crippen molar-refractivity contribution < 1.29 is 4.79 Å². The third-order valence-corrected chi connectivity index (χ3v) is 6.48. The minimum Gasteiger partial charge on any atom is -0.356 e. The first kappa shape index (κ1) is 18.0. The van der Waals surface area contributed by atoms with E-state index in [1.54, 1.807) is 6.92 Å². The number of fused-ring (bicyclic) bond motifs is 1. The maximum Gasteiger partial charge on any atom is 0.216 e. The summed E-state index contributed by atoms with van der Waals surface area (Å²) in [7, 11) is 0. The zero-order valence-corrected chi connectivity index (χ0v) is 16.3. The average Bonchev–Trinajstić information content (AvgIpc) is 2.98. The molecule has 1 amide bonds. The van der Waals surface area contributed by atoms with E-state index in [2.05, 4.69) is 54.7 Å². The molecule has 3 aromatic rings. The summed E-state index contributed by atoms with van der Waals surface area (Å²) in [6, 6.07) is 17.3. The largest absolute Gasteiger partial charge is 0.356 e. The van der Waals surface area contributed by atoms with Gasteiger partial charge in [-0.1, -0.05) is 37.3 Å². The van der Waals surface area contributed by atoms with E-state index in [0.717, 1.165) is 12.2 Å². The minimum atomic E-state index is 0.0278. The Kier molecular flexibility index (Phi) is 6.16. The maximum atomic E-state index is 11.3. The fraction of sp³-hybridized carbons (Fsp3) is 0.286. The van der Waals surface area contributed by atoms with Crippen molar-refractivity contribution in [3.05, 3.63) is 54.1 Å². The van der Waals surface area contributed by atoms with Crippen LogP contribution in [-0.2, 0) is 11.2 Å². The molecular weight excluding hydrogens is 346 g/mol. The van der Waals surface area contributed by atoms with Crippen molar-refractivity contribution in [2.24, 2.45) is 0 Å². The fourth-order valence-electron chi connectivity index (χ4n) is 2.87. The maximum absolute atomic E-state index is 11.3. The summed E-state index contributed by atoms with van der Waals surface area (Å²) in [5.41, 5.74) is 2.60. The predicted molar refractivity (Wildman–Crippen MR) is 111 cm³/mol. The van der Waals surface area contributed by atoms with E-state index < -0.39 is 0 Å². The highest BCUT2D eigenvalue weighted by Crippen LogP contribution is 2.40. The van der Waals surface area contributed by atoms with E-state index in [0.29, 0.717) is 6.54 Å². The molecule has 0 aliphatic rings. The molecule has 1 heterocycles. The lowest BCUT2D eigenvalue weighted by Crippen LogP contribution is -2.22. The molecule has 0 atom stereocenters. The Morgan fingerprint density at radius 1 is 1.16 bits per heavy atom. The number of nitrogens with one attached hydrogen (secondary N) is 1. The number of benzene rings is 2. The third-order valence-electron chi connectivity index (χ3n) is 4.02. The Balaban J connectivity index is 2.02. The summed E-state index contributed by atoms with van der Waals surface area (Å²) in [6.45, 7) is 4.46. The number of thiophene rings is 1. The van der Waals surface area contributed by atoms with E-state index in [1.807, 2.05) is 29.2 Å². The SMILES string of the molecule is CCCSc1ccc2sc(-c3ccccc3)c(CCNC(C)=O)c2c1. The van der Waals surface area contributed by atoms with Gasteiger partial charge in [0.2, 0.25) is 5.91 Å². The van der Waals surface area contributed by atoms with Crippen LogP contribution in [0.3, 0.4) is 0 Å². The van der Waals surface area contributed by atoms with Gasteiger partial charge in [0.05, 0.1) is 0 Å². The van der Waals surface area contributed by atoms with Crippen molar-refractivity contribution in [3.8, 4) is 10.4 Å². The fourth-order valence-corrected chi connectivity index (χ4v) is 4.91. The van der Waals surface area contributed by atoms with Gasteiger partial charge in [0, 0.05) is 27.9 Å². The Bertz CT molecular complexity index is 855. The van der Waals surface area contributed by atoms with Crippen LogP contribution in [0.25, 0.3) is 20.5 Å². The molecule has 1 aromatic heterocycles. The summed E-state index contributed by atoms with van der Waals surface area (Å²) in [4.78, 5) is 13.9. The normalized spacial score (nSPS) is 11.0. The van der Waals surface area contributed by atoms with Crippen LogP contribution in [-0.4, -0.2) is 18.2 Å². The lowest BCUT2D eigenvalue weighted by molar-refractivity contribution is -0.118. The Morgan fingerprint density at radius 3 is 2.68 bits per heavy atom. The van der Waals surface area contributed by atoms with Crippen LogP contribution in [0, 0.1) is 0 Å². The van der Waals surface area contributed by atoms with Crippen LogP contribution >= 0.6 is 23.1 Å². The summed E-state index contributed by atoms with van der Waals surface area (Å²) >= 11 is 3.76. The minimum absolute atomic E-state index is 0.0278. The number of hydrogen-bond donors (Lipinski definition) is 1. The molecule has 1 N–H and O–H groups in total. The number of thioether (sulfide) groups is 1. The van der Waals surface area contributed by atoms with Crippen LogP contribution < -0.4 is 5.32 Å². The Labute approximate surface area is 157 Å². The molecule has 0 aliphatic heterocycles. The standard InChI is InChI=1S/C21H23NOS2/c1-3-13-24-17-9-10-20-19(14-17)18(11-12-22-15(2)23)21(25-20)16-7-5-4-6-8-16/h4-10,14H,3,11-13H2,1-2H3,(H,22,23). The Hall–Kier alpha value is -1.78. The molecule has 2 nitrogen and oxygen atoms in total. The van der Waals surface area contributed by atoms with Crippen molar-refractivity contribution in [1.82, 2.24) is 5.32 Å². The second-order valence-corrected chi connectivity index (χ2v) is 8.24. The van der Waals surface area contributed by atoms with Crippen LogP contribution in [0.2, 0.25) is 0 Å². The zero-order valence-electron chi connectivity index (χ0n) is 14.7. The zero-order chi connectivity index (χ0) is 17.6. The van der Waals surface area contributed by atoms with E-state index in [1.165, 1.54) is 37.4 Å². The molecule has 0 unspecified atom stereocenters. The second kappa shape index (κ2) is 8.54. The van der Waals surface area contributed by atoms with Gasteiger partial charge in [0.1, 0.15) is 0 Å². The summed E-state index contributed by atoms with van der Waals surface area (Å²) in [5, 5.41) is 4.27. The van der Waals surface area contributed by atoms with Crippen molar-refractivity contribution in [3.63, 3.8) is 0 Å². The first-order valence-corrected chi connectivity index (χ1v) is 10.5. The van der Waals surface area contributed by atoms with Gasteiger partial charge in [-0.25, -0.2) is 0 Å². The number of rotatable bonds is 7. The van der Waals surface area contributed by atoms with Gasteiger partial charge >= 0.3 is 0 Å². The highest BCUT2D eigenvalue weighted by molar-refractivity contribution is 7.99. The summed E-state index contributed by atoms with van der Waals surface area (Å²) in [6.07, 6.45) is 2.03. The summed E-state index contributed by atoms with van der Waals surface area (Å²) < 4.78 is 1.32. The van der Waals surface area contributed by atoms with Gasteiger partial charge in [-0.3, -0.25) is 4.79 Å². The number of hydrogen-bond acceptors (Lipinski definition) is 3. The van der Waals surface area contributed by atoms with Gasteiger partial charge in [0.15, 0.2) is 0 Å². The number of carbonyl (C=O) groups is 1. The van der Waals surface area contributed by atoms with E-state index in [4.69, 9.17) is 0 Å². The lowest BCUT2D eigenvalue weighted by atomic mass is 10.0. The van der Waals surface area contributed by atoms with Crippen molar-refractivity contribution in [2.75, 3.05) is 12.3 Å². The van der Waals surface area contributed by atoms with Crippen LogP contribution in [0.1, 0.15) is 25.8 Å². The van der Waals surface area contributed by atoms with Crippen LogP contribution in [0.15, 0.2) is 53.4 Å². The van der Waals surface area contributed by atoms with Gasteiger partial charge in [-0.15, -0.1) is 23.1 Å². The molecule has 2 aromatic carbocycles. The molecular formula is C21H23NOS2. The van der Waals surface area contributed by atoms with E-state index >= 15 is 0 Å². The molecule has 0 spiro atoms. The van der Waals surface area contributed by atoms with E-state index in [-0.39, 0.29) is 5.91 Å². The van der Waals surface area contributed by atoms with Crippen molar-refractivity contribution in [2.45, 2.75) is 31.6 Å². The highest BCUT2D eigenvalue weighted by atomic mass is 32.2. The highest BCUT2D eigenvalue weighted by Gasteiger charge is 2.14. The quantitative estimate of drug-likeness (QED) is 0.537. The molecule has 3 rings (SSSR count). The van der Waals surface area contributed by atoms with Gasteiger partial charge in [-0.2, -0.15) is 0 Å². The monoisotopic (exact) mass is 369 g/mol. The van der Waals surface area contributed by atoms with Gasteiger partial charge in [-0.05, 0) is 53.3 Å². The number of carbonyl (C=O) groups excluding carboxylic acids is 1. The van der Waals surface area contributed by atoms with Crippen LogP contribution in [0.4, 0.5) is 0 Å². The number of amides is 1. The molecule has 0 fully saturated rings. The molecule has 0 saturated carbocycles. The smallest absolute Gasteiger partial charge is 0.216 e. The van der Waals surface area contributed by atoms with Crippen LogP contribution in [0.5, 0.6) is 0 Å². The summed E-state index contributed by atoms with van der Waals surface area (Å²) in [5.74, 6) is 1.17. The molecule has 25 heavy (non-hydrogen) atoms.